The number of hydrogen-bond acceptors (Lipinski definition) is 3. The number of benzene rings is 2. The summed E-state index contributed by atoms with van der Waals surface area (Å²) in [5.74, 6) is 1.21. The predicted molar refractivity (Wildman–Crippen MR) is 74.0 cm³/mol. The van der Waals surface area contributed by atoms with Gasteiger partial charge in [-0.05, 0) is 31.2 Å². The average molecular weight is 256 g/mol. The Balaban J connectivity index is 2.38. The van der Waals surface area contributed by atoms with Crippen molar-refractivity contribution in [1.29, 1.82) is 0 Å². The van der Waals surface area contributed by atoms with Crippen LogP contribution in [0.5, 0.6) is 11.5 Å². The largest absolute Gasteiger partial charge is 0.497 e. The Bertz CT molecular complexity index is 576. The highest BCUT2D eigenvalue weighted by Gasteiger charge is 2.14. The maximum atomic E-state index is 12.5. The summed E-state index contributed by atoms with van der Waals surface area (Å²) in [4.78, 5) is 12.5. The minimum absolute atomic E-state index is 0.0667. The van der Waals surface area contributed by atoms with Gasteiger partial charge in [0.25, 0.3) is 0 Å². The lowest BCUT2D eigenvalue weighted by Gasteiger charge is -2.09. The number of rotatable bonds is 5. The Morgan fingerprint density at radius 1 is 1.11 bits per heavy atom. The second-order valence-electron chi connectivity index (χ2n) is 3.99. The molecule has 0 saturated heterocycles. The summed E-state index contributed by atoms with van der Waals surface area (Å²) in [5.41, 5.74) is 1.16. The molecule has 3 nitrogen and oxygen atoms in total. The van der Waals surface area contributed by atoms with Gasteiger partial charge in [-0.1, -0.05) is 24.3 Å². The second-order valence-corrected chi connectivity index (χ2v) is 3.99. The number of carbonyl (C=O) groups excluding carboxylic acids is 1. The summed E-state index contributed by atoms with van der Waals surface area (Å²) in [6.07, 6.45) is 0. The van der Waals surface area contributed by atoms with E-state index in [4.69, 9.17) is 9.47 Å². The van der Waals surface area contributed by atoms with Crippen LogP contribution in [0.25, 0.3) is 0 Å². The van der Waals surface area contributed by atoms with Crippen LogP contribution >= 0.6 is 0 Å². The van der Waals surface area contributed by atoms with E-state index in [2.05, 4.69) is 0 Å². The number of methoxy groups -OCH3 is 1. The van der Waals surface area contributed by atoms with Crippen molar-refractivity contribution in [2.24, 2.45) is 0 Å². The van der Waals surface area contributed by atoms with Crippen molar-refractivity contribution < 1.29 is 14.3 Å². The first kappa shape index (κ1) is 13.1. The standard InChI is InChI=1S/C16H16O3/c1-3-19-15-10-5-4-9-14(15)16(17)12-7-6-8-13(11-12)18-2/h4-11H,3H2,1-2H3. The van der Waals surface area contributed by atoms with Gasteiger partial charge < -0.3 is 9.47 Å². The van der Waals surface area contributed by atoms with Crippen LogP contribution in [0.1, 0.15) is 22.8 Å². The molecule has 0 spiro atoms. The molecule has 98 valence electrons. The molecule has 0 unspecified atom stereocenters. The summed E-state index contributed by atoms with van der Waals surface area (Å²) in [6, 6.07) is 14.4. The summed E-state index contributed by atoms with van der Waals surface area (Å²) in [7, 11) is 1.58. The molecule has 3 heteroatoms. The van der Waals surface area contributed by atoms with Crippen LogP contribution in [0.3, 0.4) is 0 Å². The molecule has 0 aliphatic heterocycles. The molecule has 0 fully saturated rings. The maximum Gasteiger partial charge on any atom is 0.196 e. The van der Waals surface area contributed by atoms with E-state index in [9.17, 15) is 4.79 Å². The first-order valence-corrected chi connectivity index (χ1v) is 6.17. The van der Waals surface area contributed by atoms with Crippen LogP contribution in [-0.2, 0) is 0 Å². The summed E-state index contributed by atoms with van der Waals surface area (Å²) >= 11 is 0. The fraction of sp³-hybridized carbons (Fsp3) is 0.188. The van der Waals surface area contributed by atoms with Gasteiger partial charge >= 0.3 is 0 Å². The molecule has 19 heavy (non-hydrogen) atoms. The SMILES string of the molecule is CCOc1ccccc1C(=O)c1cccc(OC)c1. The second kappa shape index (κ2) is 6.05. The molecule has 2 aromatic rings. The van der Waals surface area contributed by atoms with E-state index in [1.165, 1.54) is 0 Å². The topological polar surface area (TPSA) is 35.5 Å². The third-order valence-corrected chi connectivity index (χ3v) is 2.76. The van der Waals surface area contributed by atoms with E-state index in [1.54, 1.807) is 37.4 Å². The Hall–Kier alpha value is -2.29. The third kappa shape index (κ3) is 2.94. The van der Waals surface area contributed by atoms with Gasteiger partial charge in [-0.3, -0.25) is 4.79 Å². The molecule has 0 saturated carbocycles. The van der Waals surface area contributed by atoms with Gasteiger partial charge in [0.2, 0.25) is 0 Å². The molecule has 2 rings (SSSR count). The first-order valence-electron chi connectivity index (χ1n) is 6.17. The van der Waals surface area contributed by atoms with Crippen LogP contribution in [0.15, 0.2) is 48.5 Å². The molecule has 0 amide bonds. The molecule has 0 radical (unpaired) electrons. The van der Waals surface area contributed by atoms with E-state index in [1.807, 2.05) is 25.1 Å². The van der Waals surface area contributed by atoms with Crippen molar-refractivity contribution in [2.75, 3.05) is 13.7 Å². The molecule has 0 atom stereocenters. The van der Waals surface area contributed by atoms with Crippen LogP contribution < -0.4 is 9.47 Å². The van der Waals surface area contributed by atoms with E-state index in [-0.39, 0.29) is 5.78 Å². The van der Waals surface area contributed by atoms with Gasteiger partial charge in [0.05, 0.1) is 19.3 Å². The van der Waals surface area contributed by atoms with E-state index < -0.39 is 0 Å². The highest BCUT2D eigenvalue weighted by molar-refractivity contribution is 6.10. The van der Waals surface area contributed by atoms with Crippen LogP contribution in [0.2, 0.25) is 0 Å². The fourth-order valence-corrected chi connectivity index (χ4v) is 1.86. The molecule has 0 bridgehead atoms. The lowest BCUT2D eigenvalue weighted by Crippen LogP contribution is -2.05. The Morgan fingerprint density at radius 3 is 2.63 bits per heavy atom. The Morgan fingerprint density at radius 2 is 1.89 bits per heavy atom. The Labute approximate surface area is 112 Å². The first-order chi connectivity index (χ1) is 9.26. The van der Waals surface area contributed by atoms with Gasteiger partial charge in [-0.25, -0.2) is 0 Å². The van der Waals surface area contributed by atoms with Crippen molar-refractivity contribution in [3.63, 3.8) is 0 Å². The number of para-hydroxylation sites is 1. The number of hydrogen-bond donors (Lipinski definition) is 0. The predicted octanol–water partition coefficient (Wildman–Crippen LogP) is 3.32. The van der Waals surface area contributed by atoms with E-state index in [0.29, 0.717) is 29.2 Å². The van der Waals surface area contributed by atoms with Crippen LogP contribution in [0.4, 0.5) is 0 Å². The molecule has 0 heterocycles. The summed E-state index contributed by atoms with van der Waals surface area (Å²) < 4.78 is 10.6. The summed E-state index contributed by atoms with van der Waals surface area (Å²) in [5, 5.41) is 0. The van der Waals surface area contributed by atoms with E-state index >= 15 is 0 Å². The molecule has 0 N–H and O–H groups in total. The van der Waals surface area contributed by atoms with Crippen molar-refractivity contribution in [3.05, 3.63) is 59.7 Å². The zero-order valence-electron chi connectivity index (χ0n) is 11.1. The summed E-state index contributed by atoms with van der Waals surface area (Å²) in [6.45, 7) is 2.43. The zero-order valence-corrected chi connectivity index (χ0v) is 11.1. The van der Waals surface area contributed by atoms with Crippen LogP contribution in [0, 0.1) is 0 Å². The Kier molecular flexibility index (Phi) is 4.18. The highest BCUT2D eigenvalue weighted by Crippen LogP contribution is 2.23. The molecule has 0 aliphatic carbocycles. The zero-order chi connectivity index (χ0) is 13.7. The smallest absolute Gasteiger partial charge is 0.196 e. The van der Waals surface area contributed by atoms with Gasteiger partial charge in [0.1, 0.15) is 11.5 Å². The van der Waals surface area contributed by atoms with Gasteiger partial charge in [0.15, 0.2) is 5.78 Å². The number of carbonyl (C=O) groups is 1. The highest BCUT2D eigenvalue weighted by atomic mass is 16.5. The van der Waals surface area contributed by atoms with Crippen molar-refractivity contribution >= 4 is 5.78 Å². The van der Waals surface area contributed by atoms with Crippen LogP contribution in [-0.4, -0.2) is 19.5 Å². The number of ether oxygens (including phenoxy) is 2. The molecule has 0 aliphatic rings. The average Bonchev–Trinajstić information content (AvgIpc) is 2.47. The molecular weight excluding hydrogens is 240 g/mol. The molecular formula is C16H16O3. The lowest BCUT2D eigenvalue weighted by molar-refractivity contribution is 0.103. The monoisotopic (exact) mass is 256 g/mol. The normalized spacial score (nSPS) is 10.0. The quantitative estimate of drug-likeness (QED) is 0.770. The molecule has 0 aromatic heterocycles. The molecule has 2 aromatic carbocycles. The minimum atomic E-state index is -0.0667. The fourth-order valence-electron chi connectivity index (χ4n) is 1.86. The van der Waals surface area contributed by atoms with Crippen molar-refractivity contribution in [3.8, 4) is 11.5 Å². The lowest BCUT2D eigenvalue weighted by atomic mass is 10.0. The number of ketones is 1. The maximum absolute atomic E-state index is 12.5. The van der Waals surface area contributed by atoms with Crippen molar-refractivity contribution in [2.45, 2.75) is 6.92 Å². The van der Waals surface area contributed by atoms with Crippen molar-refractivity contribution in [1.82, 2.24) is 0 Å². The van der Waals surface area contributed by atoms with E-state index in [0.717, 1.165) is 0 Å². The van der Waals surface area contributed by atoms with Gasteiger partial charge in [-0.15, -0.1) is 0 Å². The minimum Gasteiger partial charge on any atom is -0.497 e. The third-order valence-electron chi connectivity index (χ3n) is 2.76. The van der Waals surface area contributed by atoms with Gasteiger partial charge in [0, 0.05) is 5.56 Å². The van der Waals surface area contributed by atoms with Gasteiger partial charge in [-0.2, -0.15) is 0 Å².